The largest absolute Gasteiger partial charge is 0.489 e. The molecular formula is C20H25N3O4. The van der Waals surface area contributed by atoms with Gasteiger partial charge in [0.25, 0.3) is 5.91 Å². The van der Waals surface area contributed by atoms with Gasteiger partial charge in [-0.1, -0.05) is 5.92 Å². The first kappa shape index (κ1) is 19.1. The number of terminal acetylenes is 1. The normalized spacial score (nSPS) is 18.9. The van der Waals surface area contributed by atoms with E-state index in [-0.39, 0.29) is 24.4 Å². The summed E-state index contributed by atoms with van der Waals surface area (Å²) < 4.78 is 11.1. The molecule has 144 valence electrons. The van der Waals surface area contributed by atoms with Crippen LogP contribution in [0.3, 0.4) is 0 Å². The Hall–Kier alpha value is -2.72. The fraction of sp³-hybridized carbons (Fsp3) is 0.500. The van der Waals surface area contributed by atoms with E-state index in [2.05, 4.69) is 5.92 Å². The fourth-order valence-electron chi connectivity index (χ4n) is 3.27. The van der Waals surface area contributed by atoms with Gasteiger partial charge in [0.05, 0.1) is 37.9 Å². The minimum atomic E-state index is -0.112. The van der Waals surface area contributed by atoms with Gasteiger partial charge in [-0.15, -0.1) is 6.42 Å². The van der Waals surface area contributed by atoms with Crippen molar-refractivity contribution in [2.75, 3.05) is 58.5 Å². The summed E-state index contributed by atoms with van der Waals surface area (Å²) in [7, 11) is 3.61. The van der Waals surface area contributed by atoms with Gasteiger partial charge < -0.3 is 24.2 Å². The standard InChI is InChI=1S/C20H25N3O4/c1-4-7-21(2)19(24)13-16-14-27-18-6-5-15(12-17(18)22(16)3)20(25)23-8-10-26-11-9-23/h1,5-6,12,16H,7-11,13-14H2,2-3H3/t16-/m0/s1. The highest BCUT2D eigenvalue weighted by Gasteiger charge is 2.29. The van der Waals surface area contributed by atoms with Gasteiger partial charge in [-0.25, -0.2) is 0 Å². The second kappa shape index (κ2) is 8.31. The molecule has 0 spiro atoms. The molecule has 2 heterocycles. The Morgan fingerprint density at radius 1 is 1.33 bits per heavy atom. The second-order valence-electron chi connectivity index (χ2n) is 6.82. The van der Waals surface area contributed by atoms with E-state index in [1.54, 1.807) is 18.0 Å². The smallest absolute Gasteiger partial charge is 0.254 e. The molecule has 0 aromatic heterocycles. The number of ether oxygens (including phenoxy) is 2. The summed E-state index contributed by atoms with van der Waals surface area (Å²) in [5, 5.41) is 0. The SMILES string of the molecule is C#CCN(C)C(=O)C[C@H]1COc2ccc(C(=O)N3CCOCC3)cc2N1C. The average molecular weight is 371 g/mol. The summed E-state index contributed by atoms with van der Waals surface area (Å²) in [5.74, 6) is 3.15. The Morgan fingerprint density at radius 3 is 2.78 bits per heavy atom. The maximum Gasteiger partial charge on any atom is 0.254 e. The van der Waals surface area contributed by atoms with Crippen LogP contribution in [-0.2, 0) is 9.53 Å². The van der Waals surface area contributed by atoms with E-state index in [4.69, 9.17) is 15.9 Å². The molecule has 0 aliphatic carbocycles. The first-order valence-corrected chi connectivity index (χ1v) is 9.05. The van der Waals surface area contributed by atoms with Crippen LogP contribution < -0.4 is 9.64 Å². The zero-order valence-electron chi connectivity index (χ0n) is 15.8. The number of likely N-dealkylation sites (N-methyl/N-ethyl adjacent to an activating group) is 1. The van der Waals surface area contributed by atoms with E-state index in [1.165, 1.54) is 4.90 Å². The number of nitrogens with zero attached hydrogens (tertiary/aromatic N) is 3. The van der Waals surface area contributed by atoms with Crippen molar-refractivity contribution in [1.29, 1.82) is 0 Å². The molecule has 0 N–H and O–H groups in total. The number of anilines is 1. The monoisotopic (exact) mass is 371 g/mol. The van der Waals surface area contributed by atoms with Crippen LogP contribution in [0, 0.1) is 12.3 Å². The van der Waals surface area contributed by atoms with Crippen LogP contribution in [0.4, 0.5) is 5.69 Å². The van der Waals surface area contributed by atoms with Crippen molar-refractivity contribution in [2.24, 2.45) is 0 Å². The summed E-state index contributed by atoms with van der Waals surface area (Å²) in [6.45, 7) is 3.02. The number of morpholine rings is 1. The van der Waals surface area contributed by atoms with Crippen molar-refractivity contribution in [3.05, 3.63) is 23.8 Å². The lowest BCUT2D eigenvalue weighted by Crippen LogP contribution is -2.44. The zero-order chi connectivity index (χ0) is 19.4. The maximum atomic E-state index is 12.7. The van der Waals surface area contributed by atoms with E-state index in [0.29, 0.717) is 44.9 Å². The lowest BCUT2D eigenvalue weighted by Gasteiger charge is -2.36. The second-order valence-corrected chi connectivity index (χ2v) is 6.82. The highest BCUT2D eigenvalue weighted by molar-refractivity contribution is 5.96. The molecule has 1 saturated heterocycles. The van der Waals surface area contributed by atoms with Crippen molar-refractivity contribution < 1.29 is 19.1 Å². The highest BCUT2D eigenvalue weighted by Crippen LogP contribution is 2.35. The van der Waals surface area contributed by atoms with Crippen LogP contribution in [0.5, 0.6) is 5.75 Å². The van der Waals surface area contributed by atoms with Crippen LogP contribution in [-0.4, -0.2) is 81.2 Å². The van der Waals surface area contributed by atoms with Crippen molar-refractivity contribution in [2.45, 2.75) is 12.5 Å². The van der Waals surface area contributed by atoms with Crippen molar-refractivity contribution in [3.63, 3.8) is 0 Å². The number of carbonyl (C=O) groups is 2. The molecule has 3 rings (SSSR count). The van der Waals surface area contributed by atoms with E-state index >= 15 is 0 Å². The van der Waals surface area contributed by atoms with Gasteiger partial charge in [-0.2, -0.15) is 0 Å². The fourth-order valence-corrected chi connectivity index (χ4v) is 3.27. The maximum absolute atomic E-state index is 12.7. The van der Waals surface area contributed by atoms with Crippen molar-refractivity contribution in [1.82, 2.24) is 9.80 Å². The molecule has 1 aromatic carbocycles. The molecule has 2 aliphatic rings. The van der Waals surface area contributed by atoms with Crippen LogP contribution in [0.2, 0.25) is 0 Å². The topological polar surface area (TPSA) is 62.3 Å². The molecule has 0 unspecified atom stereocenters. The number of rotatable bonds is 4. The van der Waals surface area contributed by atoms with E-state index in [1.807, 2.05) is 24.1 Å². The lowest BCUT2D eigenvalue weighted by molar-refractivity contribution is -0.129. The number of hydrogen-bond donors (Lipinski definition) is 0. The van der Waals surface area contributed by atoms with Crippen molar-refractivity contribution in [3.8, 4) is 18.1 Å². The lowest BCUT2D eigenvalue weighted by atomic mass is 10.1. The molecule has 1 aromatic rings. The minimum Gasteiger partial charge on any atom is -0.489 e. The quantitative estimate of drug-likeness (QED) is 0.734. The number of fused-ring (bicyclic) bond motifs is 1. The molecule has 2 amide bonds. The van der Waals surface area contributed by atoms with Gasteiger partial charge in [0.15, 0.2) is 0 Å². The van der Waals surface area contributed by atoms with Crippen LogP contribution >= 0.6 is 0 Å². The molecular weight excluding hydrogens is 346 g/mol. The van der Waals surface area contributed by atoms with Gasteiger partial charge in [-0.05, 0) is 18.2 Å². The van der Waals surface area contributed by atoms with Gasteiger partial charge in [0, 0.05) is 32.7 Å². The summed E-state index contributed by atoms with van der Waals surface area (Å²) in [6.07, 6.45) is 5.58. The molecule has 1 atom stereocenters. The number of amides is 2. The van der Waals surface area contributed by atoms with E-state index in [9.17, 15) is 9.59 Å². The minimum absolute atomic E-state index is 0.0125. The highest BCUT2D eigenvalue weighted by atomic mass is 16.5. The molecule has 7 heteroatoms. The van der Waals surface area contributed by atoms with Gasteiger partial charge in [-0.3, -0.25) is 9.59 Å². The van der Waals surface area contributed by atoms with Gasteiger partial charge in [0.2, 0.25) is 5.91 Å². The Kier molecular flexibility index (Phi) is 5.87. The van der Waals surface area contributed by atoms with Gasteiger partial charge >= 0.3 is 0 Å². The number of hydrogen-bond acceptors (Lipinski definition) is 5. The number of benzene rings is 1. The van der Waals surface area contributed by atoms with Crippen molar-refractivity contribution >= 4 is 17.5 Å². The third-order valence-electron chi connectivity index (χ3n) is 5.03. The summed E-state index contributed by atoms with van der Waals surface area (Å²) >= 11 is 0. The summed E-state index contributed by atoms with van der Waals surface area (Å²) in [5.41, 5.74) is 1.43. The Morgan fingerprint density at radius 2 is 2.07 bits per heavy atom. The molecule has 0 saturated carbocycles. The molecule has 0 bridgehead atoms. The first-order valence-electron chi connectivity index (χ1n) is 9.05. The van der Waals surface area contributed by atoms with E-state index < -0.39 is 0 Å². The average Bonchev–Trinajstić information content (AvgIpc) is 2.70. The predicted octanol–water partition coefficient (Wildman–Crippen LogP) is 0.838. The van der Waals surface area contributed by atoms with Gasteiger partial charge in [0.1, 0.15) is 12.4 Å². The number of carbonyl (C=O) groups excluding carboxylic acids is 2. The van der Waals surface area contributed by atoms with Crippen LogP contribution in [0.25, 0.3) is 0 Å². The molecule has 2 aliphatic heterocycles. The Labute approximate surface area is 159 Å². The third kappa shape index (κ3) is 4.17. The first-order chi connectivity index (χ1) is 13.0. The van der Waals surface area contributed by atoms with Crippen LogP contribution in [0.1, 0.15) is 16.8 Å². The Bertz CT molecular complexity index is 752. The van der Waals surface area contributed by atoms with E-state index in [0.717, 1.165) is 11.4 Å². The zero-order valence-corrected chi connectivity index (χ0v) is 15.8. The molecule has 7 nitrogen and oxygen atoms in total. The Balaban J connectivity index is 1.74. The predicted molar refractivity (Wildman–Crippen MR) is 102 cm³/mol. The summed E-state index contributed by atoms with van der Waals surface area (Å²) in [6, 6.07) is 5.34. The summed E-state index contributed by atoms with van der Waals surface area (Å²) in [4.78, 5) is 30.4. The molecule has 27 heavy (non-hydrogen) atoms. The molecule has 1 fully saturated rings. The molecule has 0 radical (unpaired) electrons. The van der Waals surface area contributed by atoms with Crippen LogP contribution in [0.15, 0.2) is 18.2 Å². The third-order valence-corrected chi connectivity index (χ3v) is 5.03.